The van der Waals surface area contributed by atoms with Crippen LogP contribution in [0.5, 0.6) is 0 Å². The van der Waals surface area contributed by atoms with Crippen LogP contribution >= 0.6 is 10.6 Å². The van der Waals surface area contributed by atoms with E-state index in [1.54, 1.807) is 0 Å². The lowest BCUT2D eigenvalue weighted by Crippen LogP contribution is -1.95. The summed E-state index contributed by atoms with van der Waals surface area (Å²) in [6.07, 6.45) is 1.45. The van der Waals surface area contributed by atoms with Crippen LogP contribution in [0.4, 0.5) is 0 Å². The second-order valence-electron chi connectivity index (χ2n) is 3.16. The van der Waals surface area contributed by atoms with Crippen LogP contribution < -0.4 is 0 Å². The molecule has 0 heterocycles. The van der Waals surface area contributed by atoms with Crippen molar-refractivity contribution in [2.45, 2.75) is 18.7 Å². The van der Waals surface area contributed by atoms with Gasteiger partial charge in [-0.1, -0.05) is 6.07 Å². The molecule has 1 aromatic carbocycles. The van der Waals surface area contributed by atoms with Gasteiger partial charge in [-0.05, 0) is 37.1 Å². The molecular formula is C9H14O2S. The standard InChI is InChI=1S/C9H14O2S/c1-7-4-8(2)6-9(5-7)12(3,10)11/h4-6,10-11H,1-3H3. The van der Waals surface area contributed by atoms with Crippen molar-refractivity contribution in [1.29, 1.82) is 0 Å². The molecule has 12 heavy (non-hydrogen) atoms. The highest BCUT2D eigenvalue weighted by atomic mass is 32.3. The number of hydrogen-bond acceptors (Lipinski definition) is 2. The van der Waals surface area contributed by atoms with Gasteiger partial charge < -0.3 is 0 Å². The van der Waals surface area contributed by atoms with Crippen molar-refractivity contribution in [2.75, 3.05) is 6.26 Å². The van der Waals surface area contributed by atoms with Crippen molar-refractivity contribution in [1.82, 2.24) is 0 Å². The van der Waals surface area contributed by atoms with Crippen molar-refractivity contribution >= 4 is 10.6 Å². The minimum Gasteiger partial charge on any atom is -0.295 e. The van der Waals surface area contributed by atoms with Gasteiger partial charge in [0.2, 0.25) is 0 Å². The number of rotatable bonds is 1. The molecule has 1 aromatic rings. The molecule has 0 amide bonds. The topological polar surface area (TPSA) is 40.5 Å². The summed E-state index contributed by atoms with van der Waals surface area (Å²) in [6.45, 7) is 3.89. The maximum absolute atomic E-state index is 9.38. The van der Waals surface area contributed by atoms with Crippen molar-refractivity contribution in [3.63, 3.8) is 0 Å². The van der Waals surface area contributed by atoms with Crippen LogP contribution in [-0.2, 0) is 0 Å². The van der Waals surface area contributed by atoms with E-state index in [1.165, 1.54) is 6.26 Å². The normalized spacial score (nSPS) is 13.1. The highest BCUT2D eigenvalue weighted by molar-refractivity contribution is 8.23. The molecule has 0 bridgehead atoms. The van der Waals surface area contributed by atoms with E-state index in [9.17, 15) is 9.11 Å². The minimum absolute atomic E-state index is 0.625. The lowest BCUT2D eigenvalue weighted by molar-refractivity contribution is 0.495. The summed E-state index contributed by atoms with van der Waals surface area (Å²) in [6, 6.07) is 5.62. The molecule has 2 N–H and O–H groups in total. The Morgan fingerprint density at radius 3 is 1.75 bits per heavy atom. The fraction of sp³-hybridized carbons (Fsp3) is 0.333. The zero-order valence-corrected chi connectivity index (χ0v) is 8.35. The first-order chi connectivity index (χ1) is 5.39. The van der Waals surface area contributed by atoms with Gasteiger partial charge in [0, 0.05) is 6.26 Å². The third-order valence-corrected chi connectivity index (χ3v) is 2.77. The average Bonchev–Trinajstić information content (AvgIpc) is 1.82. The Morgan fingerprint density at radius 1 is 1.00 bits per heavy atom. The van der Waals surface area contributed by atoms with E-state index in [1.807, 2.05) is 32.0 Å². The summed E-state index contributed by atoms with van der Waals surface area (Å²) >= 11 is 0. The zero-order chi connectivity index (χ0) is 9.35. The third kappa shape index (κ3) is 2.24. The molecule has 0 radical (unpaired) electrons. The van der Waals surface area contributed by atoms with Crippen LogP contribution in [0.25, 0.3) is 0 Å². The number of benzene rings is 1. The molecule has 3 heteroatoms. The first-order valence-corrected chi connectivity index (χ1v) is 5.66. The molecule has 0 spiro atoms. The Morgan fingerprint density at radius 2 is 1.42 bits per heavy atom. The van der Waals surface area contributed by atoms with Crippen molar-refractivity contribution in [3.8, 4) is 0 Å². The van der Waals surface area contributed by atoms with E-state index in [0.717, 1.165) is 11.1 Å². The van der Waals surface area contributed by atoms with Crippen LogP contribution in [0.2, 0.25) is 0 Å². The summed E-state index contributed by atoms with van der Waals surface area (Å²) in [5, 5.41) is 0. The monoisotopic (exact) mass is 186 g/mol. The van der Waals surface area contributed by atoms with Gasteiger partial charge >= 0.3 is 0 Å². The first kappa shape index (κ1) is 9.58. The predicted molar refractivity (Wildman–Crippen MR) is 53.0 cm³/mol. The van der Waals surface area contributed by atoms with E-state index in [-0.39, 0.29) is 0 Å². The molecule has 0 aromatic heterocycles. The van der Waals surface area contributed by atoms with Gasteiger partial charge in [-0.25, -0.2) is 0 Å². The van der Waals surface area contributed by atoms with Crippen molar-refractivity contribution in [2.24, 2.45) is 0 Å². The van der Waals surface area contributed by atoms with E-state index in [2.05, 4.69) is 0 Å². The fourth-order valence-corrected chi connectivity index (χ4v) is 1.97. The molecule has 0 aliphatic rings. The maximum atomic E-state index is 9.38. The molecule has 0 saturated heterocycles. The molecule has 0 aliphatic carbocycles. The highest BCUT2D eigenvalue weighted by Crippen LogP contribution is 2.44. The first-order valence-electron chi connectivity index (χ1n) is 3.71. The quantitative estimate of drug-likeness (QED) is 0.707. The van der Waals surface area contributed by atoms with Gasteiger partial charge in [0.05, 0.1) is 4.90 Å². The molecule has 0 aliphatic heterocycles. The predicted octanol–water partition coefficient (Wildman–Crippen LogP) is 3.04. The van der Waals surface area contributed by atoms with Crippen molar-refractivity contribution in [3.05, 3.63) is 29.3 Å². The molecule has 68 valence electrons. The van der Waals surface area contributed by atoms with Crippen LogP contribution in [0, 0.1) is 13.8 Å². The fourth-order valence-electron chi connectivity index (χ4n) is 1.16. The van der Waals surface area contributed by atoms with Gasteiger partial charge in [-0.15, -0.1) is 0 Å². The van der Waals surface area contributed by atoms with Crippen LogP contribution in [0.1, 0.15) is 11.1 Å². The van der Waals surface area contributed by atoms with Crippen LogP contribution in [0.15, 0.2) is 23.1 Å². The lowest BCUT2D eigenvalue weighted by Gasteiger charge is -2.27. The van der Waals surface area contributed by atoms with Gasteiger partial charge in [0.25, 0.3) is 0 Å². The molecule has 2 nitrogen and oxygen atoms in total. The lowest BCUT2D eigenvalue weighted by atomic mass is 10.2. The summed E-state index contributed by atoms with van der Waals surface area (Å²) < 4.78 is 18.8. The Labute approximate surface area is 74.6 Å². The van der Waals surface area contributed by atoms with E-state index in [0.29, 0.717) is 4.90 Å². The average molecular weight is 186 g/mol. The van der Waals surface area contributed by atoms with Crippen LogP contribution in [-0.4, -0.2) is 15.4 Å². The molecule has 0 saturated carbocycles. The Bertz CT molecular complexity index is 269. The Balaban J connectivity index is 3.18. The van der Waals surface area contributed by atoms with Gasteiger partial charge in [-0.2, -0.15) is 10.6 Å². The molecule has 1 rings (SSSR count). The highest BCUT2D eigenvalue weighted by Gasteiger charge is 2.08. The van der Waals surface area contributed by atoms with E-state index in [4.69, 9.17) is 0 Å². The smallest absolute Gasteiger partial charge is 0.0585 e. The second kappa shape index (κ2) is 3.09. The van der Waals surface area contributed by atoms with Crippen LogP contribution in [0.3, 0.4) is 0 Å². The number of aryl methyl sites for hydroxylation is 2. The summed E-state index contributed by atoms with van der Waals surface area (Å²) in [5.74, 6) is 0. The second-order valence-corrected chi connectivity index (χ2v) is 5.30. The van der Waals surface area contributed by atoms with Gasteiger partial charge in [0.1, 0.15) is 0 Å². The summed E-state index contributed by atoms with van der Waals surface area (Å²) in [7, 11) is -2.55. The molecule has 0 unspecified atom stereocenters. The van der Waals surface area contributed by atoms with Gasteiger partial charge in [-0.3, -0.25) is 9.11 Å². The van der Waals surface area contributed by atoms with Crippen molar-refractivity contribution < 1.29 is 9.11 Å². The summed E-state index contributed by atoms with van der Waals surface area (Å²) in [4.78, 5) is 0.625. The van der Waals surface area contributed by atoms with Gasteiger partial charge in [0.15, 0.2) is 0 Å². The minimum atomic E-state index is -2.55. The molecule has 0 fully saturated rings. The SMILES string of the molecule is Cc1cc(C)cc(S(C)(O)O)c1. The van der Waals surface area contributed by atoms with E-state index < -0.39 is 10.6 Å². The number of hydrogen-bond donors (Lipinski definition) is 2. The molecular weight excluding hydrogens is 172 g/mol. The molecule has 0 atom stereocenters. The maximum Gasteiger partial charge on any atom is 0.0585 e. The zero-order valence-electron chi connectivity index (χ0n) is 7.53. The summed E-state index contributed by atoms with van der Waals surface area (Å²) in [5.41, 5.74) is 2.12. The Kier molecular flexibility index (Phi) is 2.46. The Hall–Kier alpha value is -0.510. The largest absolute Gasteiger partial charge is 0.295 e. The third-order valence-electron chi connectivity index (χ3n) is 1.64. The van der Waals surface area contributed by atoms with E-state index >= 15 is 0 Å².